The summed E-state index contributed by atoms with van der Waals surface area (Å²) in [6.45, 7) is 0.930. The Morgan fingerprint density at radius 2 is 1.71 bits per heavy atom. The maximum atomic E-state index is 13.3. The molecule has 2 fully saturated rings. The molecule has 7 nitrogen and oxygen atoms in total. The lowest BCUT2D eigenvalue weighted by Gasteiger charge is -2.24. The number of anilines is 1. The summed E-state index contributed by atoms with van der Waals surface area (Å²) in [7, 11) is 0. The van der Waals surface area contributed by atoms with E-state index in [1.54, 1.807) is 0 Å². The van der Waals surface area contributed by atoms with Gasteiger partial charge in [0.15, 0.2) is 0 Å². The van der Waals surface area contributed by atoms with Crippen LogP contribution in [0.2, 0.25) is 0 Å². The monoisotopic (exact) mass is 464 g/mol. The van der Waals surface area contributed by atoms with Crippen LogP contribution in [0, 0.1) is 0 Å². The van der Waals surface area contributed by atoms with Gasteiger partial charge in [-0.3, -0.25) is 19.7 Å². The zero-order chi connectivity index (χ0) is 24.1. The molecule has 2 aromatic rings. The molecule has 7 heteroatoms. The second-order valence-corrected chi connectivity index (χ2v) is 9.37. The molecule has 1 heterocycles. The lowest BCUT2D eigenvalue weighted by molar-refractivity contribution is -0.146. The van der Waals surface area contributed by atoms with E-state index in [9.17, 15) is 14.4 Å². The van der Waals surface area contributed by atoms with Crippen molar-refractivity contribution in [2.75, 3.05) is 11.4 Å². The maximum Gasteiger partial charge on any atom is 0.321 e. The van der Waals surface area contributed by atoms with E-state index in [0.29, 0.717) is 12.5 Å². The van der Waals surface area contributed by atoms with Crippen molar-refractivity contribution in [2.24, 2.45) is 0 Å². The highest BCUT2D eigenvalue weighted by Gasteiger charge is 2.34. The third-order valence-corrected chi connectivity index (χ3v) is 7.08. The molecular weight excluding hydrogens is 432 g/mol. The quantitative estimate of drug-likeness (QED) is 0.512. The summed E-state index contributed by atoms with van der Waals surface area (Å²) in [5.74, 6) is -1.84. The fourth-order valence-corrected chi connectivity index (χ4v) is 5.16. The number of hydrogen-bond donors (Lipinski definition) is 3. The number of nitrogens with zero attached hydrogens (tertiary/aromatic N) is 1. The number of nitrogens with one attached hydrogen (secondary N) is 1. The van der Waals surface area contributed by atoms with Crippen molar-refractivity contribution in [3.63, 3.8) is 0 Å². The average molecular weight is 465 g/mol. The minimum absolute atomic E-state index is 0.110. The largest absolute Gasteiger partial charge is 0.481 e. The molecule has 1 saturated carbocycles. The summed E-state index contributed by atoms with van der Waals surface area (Å²) in [6.07, 6.45) is 6.60. The van der Waals surface area contributed by atoms with Crippen LogP contribution in [-0.4, -0.2) is 40.6 Å². The fraction of sp³-hybridized carbons (Fsp3) is 0.444. The number of benzene rings is 2. The summed E-state index contributed by atoms with van der Waals surface area (Å²) < 4.78 is 0. The first-order chi connectivity index (χ1) is 16.4. The molecule has 1 amide bonds. The van der Waals surface area contributed by atoms with Crippen LogP contribution in [0.4, 0.5) is 5.69 Å². The lowest BCUT2D eigenvalue weighted by atomic mass is 9.84. The van der Waals surface area contributed by atoms with Gasteiger partial charge in [0.2, 0.25) is 5.91 Å². The number of carbonyl (C=O) groups excluding carboxylic acids is 1. The van der Waals surface area contributed by atoms with Gasteiger partial charge in [0.25, 0.3) is 0 Å². The standard InChI is InChI=1S/C27H32N2O5/c30-25(31)16-24(27(33)34)28-17-18-9-11-20(12-10-18)23-13-14-29(26(23)32)22-8-4-7-21(15-22)19-5-2-1-3-6-19/h4,7-12,15,19,23-24,28H,1-3,5-6,13-14,16-17H2,(H,30,31)(H,33,34). The minimum atomic E-state index is -1.19. The molecule has 0 aromatic heterocycles. The molecule has 0 spiro atoms. The van der Waals surface area contributed by atoms with Crippen LogP contribution >= 0.6 is 0 Å². The van der Waals surface area contributed by atoms with Crippen LogP contribution in [0.5, 0.6) is 0 Å². The number of aliphatic carboxylic acids is 2. The van der Waals surface area contributed by atoms with Crippen LogP contribution in [0.3, 0.4) is 0 Å². The zero-order valence-electron chi connectivity index (χ0n) is 19.3. The van der Waals surface area contributed by atoms with Crippen LogP contribution < -0.4 is 10.2 Å². The fourth-order valence-electron chi connectivity index (χ4n) is 5.16. The first-order valence-corrected chi connectivity index (χ1v) is 12.1. The summed E-state index contributed by atoms with van der Waals surface area (Å²) in [6, 6.07) is 14.9. The van der Waals surface area contributed by atoms with Crippen molar-refractivity contribution < 1.29 is 24.6 Å². The molecule has 2 aliphatic rings. The van der Waals surface area contributed by atoms with Gasteiger partial charge in [-0.1, -0.05) is 55.7 Å². The number of carboxylic acids is 2. The number of carbonyl (C=O) groups is 3. The summed E-state index contributed by atoms with van der Waals surface area (Å²) in [4.78, 5) is 37.2. The van der Waals surface area contributed by atoms with Crippen molar-refractivity contribution in [1.29, 1.82) is 0 Å². The van der Waals surface area contributed by atoms with E-state index in [4.69, 9.17) is 10.2 Å². The molecular formula is C27H32N2O5. The summed E-state index contributed by atoms with van der Waals surface area (Å²) in [5, 5.41) is 20.8. The highest BCUT2D eigenvalue weighted by molar-refractivity contribution is 6.00. The van der Waals surface area contributed by atoms with Crippen molar-refractivity contribution in [2.45, 2.75) is 69.4 Å². The zero-order valence-corrected chi connectivity index (χ0v) is 19.3. The first-order valence-electron chi connectivity index (χ1n) is 12.1. The molecule has 0 bridgehead atoms. The Hall–Kier alpha value is -3.19. The highest BCUT2D eigenvalue weighted by atomic mass is 16.4. The Morgan fingerprint density at radius 3 is 2.38 bits per heavy atom. The van der Waals surface area contributed by atoms with Gasteiger partial charge in [0.05, 0.1) is 12.3 Å². The second kappa shape index (κ2) is 10.8. The van der Waals surface area contributed by atoms with E-state index in [1.807, 2.05) is 35.2 Å². The number of hydrogen-bond acceptors (Lipinski definition) is 4. The predicted molar refractivity (Wildman–Crippen MR) is 129 cm³/mol. The maximum absolute atomic E-state index is 13.3. The molecule has 34 heavy (non-hydrogen) atoms. The SMILES string of the molecule is O=C(O)CC(NCc1ccc(C2CCN(c3cccc(C4CCCCC4)c3)C2=O)cc1)C(=O)O. The van der Waals surface area contributed by atoms with E-state index in [2.05, 4.69) is 23.5 Å². The molecule has 2 unspecified atom stereocenters. The predicted octanol–water partition coefficient (Wildman–Crippen LogP) is 4.27. The van der Waals surface area contributed by atoms with Gasteiger partial charge in [-0.05, 0) is 54.0 Å². The third-order valence-electron chi connectivity index (χ3n) is 7.08. The molecule has 2 aromatic carbocycles. The van der Waals surface area contributed by atoms with Gasteiger partial charge < -0.3 is 15.1 Å². The molecule has 1 aliphatic carbocycles. The van der Waals surface area contributed by atoms with Gasteiger partial charge in [-0.15, -0.1) is 0 Å². The van der Waals surface area contributed by atoms with E-state index in [-0.39, 0.29) is 18.4 Å². The van der Waals surface area contributed by atoms with Gasteiger partial charge in [-0.25, -0.2) is 0 Å². The van der Waals surface area contributed by atoms with Gasteiger partial charge in [-0.2, -0.15) is 0 Å². The smallest absolute Gasteiger partial charge is 0.321 e. The molecule has 1 saturated heterocycles. The van der Waals surface area contributed by atoms with Gasteiger partial charge >= 0.3 is 11.9 Å². The van der Waals surface area contributed by atoms with Gasteiger partial charge in [0, 0.05) is 18.8 Å². The Labute approximate surface area is 199 Å². The highest BCUT2D eigenvalue weighted by Crippen LogP contribution is 2.36. The second-order valence-electron chi connectivity index (χ2n) is 9.37. The van der Waals surface area contributed by atoms with Crippen molar-refractivity contribution in [1.82, 2.24) is 5.32 Å². The van der Waals surface area contributed by atoms with Crippen LogP contribution in [0.25, 0.3) is 0 Å². The van der Waals surface area contributed by atoms with Crippen molar-refractivity contribution >= 4 is 23.5 Å². The number of rotatable bonds is 9. The van der Waals surface area contributed by atoms with E-state index < -0.39 is 24.4 Å². The third kappa shape index (κ3) is 5.65. The van der Waals surface area contributed by atoms with Crippen LogP contribution in [0.1, 0.15) is 73.5 Å². The first kappa shape index (κ1) is 24.0. The Bertz CT molecular complexity index is 1030. The Balaban J connectivity index is 1.39. The number of carboxylic acid groups (broad SMARTS) is 2. The van der Waals surface area contributed by atoms with Gasteiger partial charge in [0.1, 0.15) is 6.04 Å². The van der Waals surface area contributed by atoms with Crippen LogP contribution in [-0.2, 0) is 20.9 Å². The summed E-state index contributed by atoms with van der Waals surface area (Å²) >= 11 is 0. The van der Waals surface area contributed by atoms with Crippen molar-refractivity contribution in [3.8, 4) is 0 Å². The lowest BCUT2D eigenvalue weighted by Crippen LogP contribution is -2.38. The van der Waals surface area contributed by atoms with Crippen molar-refractivity contribution in [3.05, 3.63) is 65.2 Å². The summed E-state index contributed by atoms with van der Waals surface area (Å²) in [5.41, 5.74) is 4.10. The number of amides is 1. The van der Waals surface area contributed by atoms with E-state index >= 15 is 0 Å². The van der Waals surface area contributed by atoms with Crippen LogP contribution in [0.15, 0.2) is 48.5 Å². The van der Waals surface area contributed by atoms with E-state index in [1.165, 1.54) is 37.7 Å². The molecule has 1 aliphatic heterocycles. The molecule has 180 valence electrons. The molecule has 3 N–H and O–H groups in total. The molecule has 2 atom stereocenters. The van der Waals surface area contributed by atoms with E-state index in [0.717, 1.165) is 23.2 Å². The molecule has 4 rings (SSSR count). The Morgan fingerprint density at radius 1 is 0.971 bits per heavy atom. The molecule has 0 radical (unpaired) electrons. The average Bonchev–Trinajstić information content (AvgIpc) is 3.23. The minimum Gasteiger partial charge on any atom is -0.481 e. The normalized spacial score (nSPS) is 19.8. The topological polar surface area (TPSA) is 107 Å². The Kier molecular flexibility index (Phi) is 7.63.